The number of benzene rings is 1. The second-order valence-electron chi connectivity index (χ2n) is 4.57. The Hall–Kier alpha value is -1.07. The fourth-order valence-electron chi connectivity index (χ4n) is 1.31. The molecule has 5 heteroatoms. The predicted molar refractivity (Wildman–Crippen MR) is 73.9 cm³/mol. The number of hydrogen-bond donors (Lipinski definition) is 2. The molecule has 0 saturated heterocycles. The molecule has 0 aliphatic carbocycles. The Kier molecular flexibility index (Phi) is 5.16. The minimum atomic E-state index is -0.923. The lowest BCUT2D eigenvalue weighted by Gasteiger charge is -2.17. The molecule has 0 aromatic heterocycles. The average Bonchev–Trinajstić information content (AvgIpc) is 2.28. The van der Waals surface area contributed by atoms with Crippen LogP contribution in [0.5, 0.6) is 5.75 Å². The predicted octanol–water partition coefficient (Wildman–Crippen LogP) is 2.35. The molecule has 0 radical (unpaired) electrons. The number of halogens is 1. The number of carbonyl (C=O) groups is 1. The molecule has 2 N–H and O–H groups in total. The van der Waals surface area contributed by atoms with Crippen LogP contribution in [0.3, 0.4) is 0 Å². The second-order valence-corrected chi connectivity index (χ2v) is 5.43. The molecule has 0 spiro atoms. The normalized spacial score (nSPS) is 11.2. The highest BCUT2D eigenvalue weighted by Gasteiger charge is 2.15. The summed E-state index contributed by atoms with van der Waals surface area (Å²) in [4.78, 5) is 11.9. The molecule has 18 heavy (non-hydrogen) atoms. The van der Waals surface area contributed by atoms with Crippen LogP contribution < -0.4 is 10.1 Å². The summed E-state index contributed by atoms with van der Waals surface area (Å²) in [6.45, 7) is 5.90. The summed E-state index contributed by atoms with van der Waals surface area (Å²) < 4.78 is 6.21. The van der Waals surface area contributed by atoms with Gasteiger partial charge in [-0.2, -0.15) is 0 Å². The van der Waals surface area contributed by atoms with Crippen molar-refractivity contribution in [3.63, 3.8) is 0 Å². The fraction of sp³-hybridized carbons (Fsp3) is 0.462. The van der Waals surface area contributed by atoms with Crippen molar-refractivity contribution in [3.05, 3.63) is 28.2 Å². The van der Waals surface area contributed by atoms with Crippen LogP contribution in [0.2, 0.25) is 0 Å². The Labute approximate surface area is 115 Å². The van der Waals surface area contributed by atoms with Crippen LogP contribution in [-0.2, 0) is 0 Å². The number of ether oxygens (including phenoxy) is 1. The van der Waals surface area contributed by atoms with Crippen molar-refractivity contribution < 1.29 is 14.6 Å². The topological polar surface area (TPSA) is 58.6 Å². The molecule has 0 fully saturated rings. The molecule has 0 aliphatic heterocycles. The minimum Gasteiger partial charge on any atom is -0.493 e. The van der Waals surface area contributed by atoms with Gasteiger partial charge in [-0.25, -0.2) is 0 Å². The standard InChI is InChI=1S/C13H18BrNO3/c1-4-18-11-7-9(5-6-10(11)14)12(16)15-8-13(2,3)17/h5-7,17H,4,8H2,1-3H3,(H,15,16). The van der Waals surface area contributed by atoms with E-state index in [2.05, 4.69) is 21.2 Å². The van der Waals surface area contributed by atoms with Crippen LogP contribution in [0.25, 0.3) is 0 Å². The van der Waals surface area contributed by atoms with Crippen LogP contribution in [-0.4, -0.2) is 29.8 Å². The van der Waals surface area contributed by atoms with Gasteiger partial charge in [-0.05, 0) is 54.9 Å². The maximum absolute atomic E-state index is 11.9. The van der Waals surface area contributed by atoms with Crippen molar-refractivity contribution in [2.75, 3.05) is 13.2 Å². The Morgan fingerprint density at radius 1 is 1.50 bits per heavy atom. The first-order valence-corrected chi connectivity index (χ1v) is 6.55. The van der Waals surface area contributed by atoms with Gasteiger partial charge in [-0.3, -0.25) is 4.79 Å². The first-order valence-electron chi connectivity index (χ1n) is 5.76. The van der Waals surface area contributed by atoms with Crippen molar-refractivity contribution in [2.45, 2.75) is 26.4 Å². The zero-order chi connectivity index (χ0) is 13.8. The highest BCUT2D eigenvalue weighted by Crippen LogP contribution is 2.26. The second kappa shape index (κ2) is 6.20. The molecule has 100 valence electrons. The number of carbonyl (C=O) groups excluding carboxylic acids is 1. The quantitative estimate of drug-likeness (QED) is 0.877. The van der Waals surface area contributed by atoms with Crippen molar-refractivity contribution in [2.24, 2.45) is 0 Å². The molecule has 1 amide bonds. The monoisotopic (exact) mass is 315 g/mol. The molecule has 4 nitrogen and oxygen atoms in total. The average molecular weight is 316 g/mol. The third-order valence-electron chi connectivity index (χ3n) is 2.17. The Bertz CT molecular complexity index is 427. The Morgan fingerprint density at radius 3 is 2.72 bits per heavy atom. The third-order valence-corrected chi connectivity index (χ3v) is 2.83. The van der Waals surface area contributed by atoms with Crippen molar-refractivity contribution in [1.82, 2.24) is 5.32 Å². The van der Waals surface area contributed by atoms with Gasteiger partial charge in [0, 0.05) is 12.1 Å². The van der Waals surface area contributed by atoms with E-state index in [0.717, 1.165) is 4.47 Å². The molecule has 1 aromatic carbocycles. The van der Waals surface area contributed by atoms with E-state index in [9.17, 15) is 9.90 Å². The number of amides is 1. The molecule has 1 aromatic rings. The van der Waals surface area contributed by atoms with Crippen LogP contribution in [0.15, 0.2) is 22.7 Å². The minimum absolute atomic E-state index is 0.200. The maximum atomic E-state index is 11.9. The molecule has 0 atom stereocenters. The van der Waals surface area contributed by atoms with Gasteiger partial charge in [0.2, 0.25) is 0 Å². The molecule has 0 aliphatic rings. The molecule has 1 rings (SSSR count). The van der Waals surface area contributed by atoms with E-state index >= 15 is 0 Å². The zero-order valence-corrected chi connectivity index (χ0v) is 12.4. The lowest BCUT2D eigenvalue weighted by Crippen LogP contribution is -2.38. The van der Waals surface area contributed by atoms with E-state index in [-0.39, 0.29) is 12.5 Å². The highest BCUT2D eigenvalue weighted by atomic mass is 79.9. The third kappa shape index (κ3) is 4.66. The van der Waals surface area contributed by atoms with Gasteiger partial charge < -0.3 is 15.2 Å². The Morgan fingerprint density at radius 2 is 2.17 bits per heavy atom. The van der Waals surface area contributed by atoms with Crippen LogP contribution in [0, 0.1) is 0 Å². The van der Waals surface area contributed by atoms with Crippen molar-refractivity contribution in [1.29, 1.82) is 0 Å². The summed E-state index contributed by atoms with van der Waals surface area (Å²) >= 11 is 3.35. The number of nitrogens with one attached hydrogen (secondary N) is 1. The van der Waals surface area contributed by atoms with E-state index in [1.165, 1.54) is 0 Å². The van der Waals surface area contributed by atoms with Crippen molar-refractivity contribution >= 4 is 21.8 Å². The first-order chi connectivity index (χ1) is 8.33. The van der Waals surface area contributed by atoms with Gasteiger partial charge in [0.15, 0.2) is 0 Å². The van der Waals surface area contributed by atoms with Crippen LogP contribution in [0.4, 0.5) is 0 Å². The molecule has 0 unspecified atom stereocenters. The Balaban J connectivity index is 2.77. The summed E-state index contributed by atoms with van der Waals surface area (Å²) in [5.74, 6) is 0.402. The number of aliphatic hydroxyl groups is 1. The molecular weight excluding hydrogens is 298 g/mol. The largest absolute Gasteiger partial charge is 0.493 e. The smallest absolute Gasteiger partial charge is 0.251 e. The first kappa shape index (κ1) is 15.0. The van der Waals surface area contributed by atoms with E-state index in [1.807, 2.05) is 6.92 Å². The summed E-state index contributed by atoms with van der Waals surface area (Å²) in [5.41, 5.74) is -0.417. The van der Waals surface area contributed by atoms with Crippen LogP contribution in [0.1, 0.15) is 31.1 Å². The SMILES string of the molecule is CCOc1cc(C(=O)NCC(C)(C)O)ccc1Br. The van der Waals surface area contributed by atoms with E-state index in [1.54, 1.807) is 32.0 Å². The van der Waals surface area contributed by atoms with E-state index in [0.29, 0.717) is 17.9 Å². The van der Waals surface area contributed by atoms with Crippen molar-refractivity contribution in [3.8, 4) is 5.75 Å². The van der Waals surface area contributed by atoms with Gasteiger partial charge in [0.05, 0.1) is 16.7 Å². The van der Waals surface area contributed by atoms with Gasteiger partial charge in [0.1, 0.15) is 5.75 Å². The van der Waals surface area contributed by atoms with Gasteiger partial charge in [0.25, 0.3) is 5.91 Å². The van der Waals surface area contributed by atoms with Crippen LogP contribution >= 0.6 is 15.9 Å². The molecule has 0 bridgehead atoms. The molecular formula is C13H18BrNO3. The number of rotatable bonds is 5. The zero-order valence-electron chi connectivity index (χ0n) is 10.8. The highest BCUT2D eigenvalue weighted by molar-refractivity contribution is 9.10. The summed E-state index contributed by atoms with van der Waals surface area (Å²) in [6, 6.07) is 5.14. The summed E-state index contributed by atoms with van der Waals surface area (Å²) in [6.07, 6.45) is 0. The lowest BCUT2D eigenvalue weighted by molar-refractivity contribution is 0.0694. The van der Waals surface area contributed by atoms with Gasteiger partial charge in [-0.15, -0.1) is 0 Å². The summed E-state index contributed by atoms with van der Waals surface area (Å²) in [7, 11) is 0. The summed E-state index contributed by atoms with van der Waals surface area (Å²) in [5, 5.41) is 12.2. The number of hydrogen-bond acceptors (Lipinski definition) is 3. The molecule has 0 heterocycles. The molecule has 0 saturated carbocycles. The van der Waals surface area contributed by atoms with E-state index in [4.69, 9.17) is 4.74 Å². The van der Waals surface area contributed by atoms with Gasteiger partial charge >= 0.3 is 0 Å². The lowest BCUT2D eigenvalue weighted by atomic mass is 10.1. The van der Waals surface area contributed by atoms with E-state index < -0.39 is 5.60 Å². The maximum Gasteiger partial charge on any atom is 0.251 e. The fourth-order valence-corrected chi connectivity index (χ4v) is 1.67. The van der Waals surface area contributed by atoms with Gasteiger partial charge in [-0.1, -0.05) is 0 Å².